The van der Waals surface area contributed by atoms with Gasteiger partial charge in [0.2, 0.25) is 5.91 Å². The number of methoxy groups -OCH3 is 1. The highest BCUT2D eigenvalue weighted by Gasteiger charge is 2.48. The van der Waals surface area contributed by atoms with Gasteiger partial charge in [-0.1, -0.05) is 127 Å². The number of alkyl carbamates (subject to hydrolysis) is 1. The van der Waals surface area contributed by atoms with Crippen LogP contribution >= 0.6 is 11.8 Å². The number of nitrogens with one attached hydrogen (secondary N) is 2. The smallest absolute Gasteiger partial charge is 0.407 e. The fourth-order valence-corrected chi connectivity index (χ4v) is 12.0. The lowest BCUT2D eigenvalue weighted by atomic mass is 9.77. The summed E-state index contributed by atoms with van der Waals surface area (Å²) in [6.45, 7) is 26.1. The summed E-state index contributed by atoms with van der Waals surface area (Å²) in [6, 6.07) is 22.9. The quantitative estimate of drug-likeness (QED) is 0.0445. The fraction of sp³-hybridized carbons (Fsp3) is 0.593. The highest BCUT2D eigenvalue weighted by Crippen LogP contribution is 2.45. The predicted octanol–water partition coefficient (Wildman–Crippen LogP) is 11.1. The molecule has 14 nitrogen and oxygen atoms in total. The molecule has 0 bridgehead atoms. The third kappa shape index (κ3) is 15.3. The average Bonchev–Trinajstić information content (AvgIpc) is 3.93. The molecule has 2 N–H and O–H groups in total. The molecule has 0 radical (unpaired) electrons. The second-order valence-electron chi connectivity index (χ2n) is 23.0. The molecule has 0 spiro atoms. The van der Waals surface area contributed by atoms with Gasteiger partial charge in [-0.05, 0) is 118 Å². The van der Waals surface area contributed by atoms with Crippen molar-refractivity contribution < 1.29 is 47.3 Å². The van der Waals surface area contributed by atoms with E-state index in [1.807, 2.05) is 87.5 Å². The molecular formula is C59H86N4O10SSi. The SMILES string of the molecule is CCC[C@@H](CC[C@@H](C)[C@H](OC(=O)[C@H](C)NC(=O)OCC1c2ccccc2-c2ccccc21)C(C)(C)C(=O)N[C@@H](C)C1=N[C@](C)(C(=O)N(C)[C@H](C(=O)OCc2ccccc2)[C@@H](C)CCO[Si](C)(C)C(C)(C)C)CS1)OC. The van der Waals surface area contributed by atoms with Gasteiger partial charge in [-0.15, -0.1) is 11.8 Å². The third-order valence-electron chi connectivity index (χ3n) is 15.6. The molecule has 1 aliphatic heterocycles. The summed E-state index contributed by atoms with van der Waals surface area (Å²) in [7, 11) is 1.24. The molecule has 0 saturated heterocycles. The van der Waals surface area contributed by atoms with E-state index in [0.717, 1.165) is 40.7 Å². The minimum atomic E-state index is -2.07. The van der Waals surface area contributed by atoms with Crippen molar-refractivity contribution >= 4 is 55.0 Å². The van der Waals surface area contributed by atoms with Crippen LogP contribution in [0.15, 0.2) is 83.9 Å². The fourth-order valence-electron chi connectivity index (χ4n) is 9.77. The number of hydrogen-bond acceptors (Lipinski definition) is 12. The van der Waals surface area contributed by atoms with Gasteiger partial charge in [-0.3, -0.25) is 14.6 Å². The molecular weight excluding hydrogens is 985 g/mol. The van der Waals surface area contributed by atoms with Crippen LogP contribution in [0.4, 0.5) is 4.79 Å². The predicted molar refractivity (Wildman–Crippen MR) is 301 cm³/mol. The number of hydrogen-bond donors (Lipinski definition) is 2. The average molecular weight is 1070 g/mol. The number of likely N-dealkylation sites (N-methyl/N-ethyl adjacent to an activating group) is 1. The van der Waals surface area contributed by atoms with E-state index in [2.05, 4.69) is 63.6 Å². The minimum Gasteiger partial charge on any atom is -0.459 e. The first-order valence-electron chi connectivity index (χ1n) is 26.8. The number of carbonyl (C=O) groups excluding carboxylic acids is 5. The number of nitrogens with zero attached hydrogens (tertiary/aromatic N) is 2. The number of amides is 3. The van der Waals surface area contributed by atoms with Gasteiger partial charge in [0.05, 0.1) is 22.6 Å². The third-order valence-corrected chi connectivity index (χ3v) is 21.6. The van der Waals surface area contributed by atoms with Crippen LogP contribution < -0.4 is 10.6 Å². The van der Waals surface area contributed by atoms with E-state index in [1.54, 1.807) is 34.9 Å². The second kappa shape index (κ2) is 26.3. The molecule has 8 atom stereocenters. The molecule has 3 amide bonds. The van der Waals surface area contributed by atoms with Crippen molar-refractivity contribution in [2.24, 2.45) is 22.2 Å². The lowest BCUT2D eigenvalue weighted by Crippen LogP contribution is -2.54. The van der Waals surface area contributed by atoms with Gasteiger partial charge in [-0.25, -0.2) is 14.4 Å². The molecule has 75 heavy (non-hydrogen) atoms. The van der Waals surface area contributed by atoms with E-state index in [0.29, 0.717) is 30.9 Å². The van der Waals surface area contributed by atoms with Crippen molar-refractivity contribution in [1.82, 2.24) is 15.5 Å². The molecule has 0 saturated carbocycles. The molecule has 0 aromatic heterocycles. The topological polar surface area (TPSA) is 171 Å². The molecule has 5 rings (SSSR count). The first kappa shape index (κ1) is 60.8. The number of aliphatic imine (C=N–C) groups is 1. The van der Waals surface area contributed by atoms with Gasteiger partial charge in [0, 0.05) is 32.4 Å². The van der Waals surface area contributed by atoms with Crippen LogP contribution in [0.2, 0.25) is 18.1 Å². The van der Waals surface area contributed by atoms with Gasteiger partial charge in [0.15, 0.2) is 8.32 Å². The van der Waals surface area contributed by atoms with Gasteiger partial charge in [0.25, 0.3) is 5.91 Å². The Balaban J connectivity index is 1.28. The molecule has 16 heteroatoms. The van der Waals surface area contributed by atoms with Crippen molar-refractivity contribution in [2.45, 2.75) is 175 Å². The number of thioether (sulfide) groups is 1. The molecule has 1 heterocycles. The first-order valence-corrected chi connectivity index (χ1v) is 30.7. The van der Waals surface area contributed by atoms with Crippen LogP contribution in [-0.2, 0) is 49.2 Å². The molecule has 3 aromatic rings. The van der Waals surface area contributed by atoms with Gasteiger partial charge >= 0.3 is 18.0 Å². The van der Waals surface area contributed by atoms with Crippen LogP contribution in [-0.4, -0.2) is 117 Å². The number of benzene rings is 3. The lowest BCUT2D eigenvalue weighted by Gasteiger charge is -2.38. The summed E-state index contributed by atoms with van der Waals surface area (Å²) in [6.07, 6.45) is 1.92. The molecule has 412 valence electrons. The Morgan fingerprint density at radius 3 is 1.99 bits per heavy atom. The minimum absolute atomic E-state index is 0.00632. The first-order chi connectivity index (χ1) is 35.3. The number of carbonyl (C=O) groups is 5. The maximum absolute atomic E-state index is 14.6. The second-order valence-corrected chi connectivity index (χ2v) is 28.8. The highest BCUT2D eigenvalue weighted by atomic mass is 32.2. The number of ether oxygens (including phenoxy) is 4. The van der Waals surface area contributed by atoms with Crippen LogP contribution in [0.25, 0.3) is 11.1 Å². The molecule has 1 aliphatic carbocycles. The lowest BCUT2D eigenvalue weighted by molar-refractivity contribution is -0.166. The highest BCUT2D eigenvalue weighted by molar-refractivity contribution is 8.14. The van der Waals surface area contributed by atoms with Gasteiger partial charge < -0.3 is 38.9 Å². The van der Waals surface area contributed by atoms with Crippen molar-refractivity contribution in [1.29, 1.82) is 0 Å². The van der Waals surface area contributed by atoms with E-state index in [1.165, 1.54) is 23.6 Å². The van der Waals surface area contributed by atoms with Crippen molar-refractivity contribution in [3.05, 3.63) is 95.6 Å². The Kier molecular flexibility index (Phi) is 21.4. The standard InChI is InChI=1S/C59H86N4O10SSi/c1-16-24-43(69-13)32-31-39(3)50(73-52(64)41(5)61-56(68)71-36-48-46-29-22-20-27-44(46)45-28-21-23-30-47(45)48)58(9,10)54(66)60-40(4)51-62-59(11,37-74-51)55(67)63(12)49(53(65)70-35-42-25-18-17-19-26-42)38(2)33-34-72-75(14,15)57(6,7)8/h17-23,25-30,38-41,43,48-50H,16,24,31-37H2,1-15H3,(H,60,66)(H,61,68)/t38-,39+,40-,41-,43-,49-,50-,59-/m0/s1. The van der Waals surface area contributed by atoms with Gasteiger partial charge in [0.1, 0.15) is 36.9 Å². The summed E-state index contributed by atoms with van der Waals surface area (Å²) in [4.78, 5) is 77.0. The van der Waals surface area contributed by atoms with E-state index in [4.69, 9.17) is 28.4 Å². The molecule has 2 aliphatic rings. The summed E-state index contributed by atoms with van der Waals surface area (Å²) in [5.41, 5.74) is 2.65. The Labute approximate surface area is 452 Å². The Morgan fingerprint density at radius 2 is 1.40 bits per heavy atom. The number of rotatable bonds is 26. The zero-order valence-corrected chi connectivity index (χ0v) is 49.2. The molecule has 0 unspecified atom stereocenters. The Bertz CT molecular complexity index is 2420. The van der Waals surface area contributed by atoms with Crippen LogP contribution in [0.5, 0.6) is 0 Å². The Hall–Kier alpha value is -5.03. The monoisotopic (exact) mass is 1070 g/mol. The van der Waals surface area contributed by atoms with Crippen molar-refractivity contribution in [3.8, 4) is 11.1 Å². The van der Waals surface area contributed by atoms with Crippen molar-refractivity contribution in [3.63, 3.8) is 0 Å². The molecule has 0 fully saturated rings. The van der Waals surface area contributed by atoms with Gasteiger partial charge in [-0.2, -0.15) is 0 Å². The maximum Gasteiger partial charge on any atom is 0.407 e. The van der Waals surface area contributed by atoms with E-state index < -0.39 is 61.5 Å². The zero-order chi connectivity index (χ0) is 55.5. The summed E-state index contributed by atoms with van der Waals surface area (Å²) < 4.78 is 30.2. The van der Waals surface area contributed by atoms with E-state index in [-0.39, 0.29) is 59.7 Å². The Morgan fingerprint density at radius 1 is 0.800 bits per heavy atom. The summed E-state index contributed by atoms with van der Waals surface area (Å²) >= 11 is 1.37. The molecule has 3 aromatic carbocycles. The maximum atomic E-state index is 14.6. The van der Waals surface area contributed by atoms with Crippen LogP contribution in [0.3, 0.4) is 0 Å². The normalized spacial score (nSPS) is 18.5. The summed E-state index contributed by atoms with van der Waals surface area (Å²) in [5, 5.41) is 6.34. The van der Waals surface area contributed by atoms with Crippen molar-refractivity contribution in [2.75, 3.05) is 33.1 Å². The van der Waals surface area contributed by atoms with E-state index >= 15 is 0 Å². The van der Waals surface area contributed by atoms with E-state index in [9.17, 15) is 24.0 Å². The summed E-state index contributed by atoms with van der Waals surface area (Å²) in [5.74, 6) is -2.43. The zero-order valence-electron chi connectivity index (χ0n) is 47.4. The largest absolute Gasteiger partial charge is 0.459 e. The number of esters is 2. The number of fused-ring (bicyclic) bond motifs is 3. The van der Waals surface area contributed by atoms with Crippen LogP contribution in [0.1, 0.15) is 131 Å². The van der Waals surface area contributed by atoms with Crippen LogP contribution in [0, 0.1) is 17.3 Å².